The number of anilines is 1. The molecular formula is C25H44N2O5. The molecule has 0 saturated carbocycles. The number of pyridine rings is 1. The highest BCUT2D eigenvalue weighted by Crippen LogP contribution is 2.35. The van der Waals surface area contributed by atoms with Gasteiger partial charge in [-0.2, -0.15) is 0 Å². The third-order valence-corrected chi connectivity index (χ3v) is 3.21. The van der Waals surface area contributed by atoms with Crippen LogP contribution in [0.25, 0.3) is 0 Å². The molecule has 0 bridgehead atoms. The Labute approximate surface area is 194 Å². The zero-order valence-electron chi connectivity index (χ0n) is 21.4. The number of aliphatic hydroxyl groups is 1. The molecule has 1 aromatic heterocycles. The van der Waals surface area contributed by atoms with Crippen LogP contribution in [0.2, 0.25) is 0 Å². The minimum Gasteiger partial charge on any atom is -0.504 e. The van der Waals surface area contributed by atoms with E-state index in [0.717, 1.165) is 19.0 Å². The number of hydrogen-bond acceptors (Lipinski definition) is 7. The molecule has 2 heterocycles. The minimum absolute atomic E-state index is 0.0584. The molecule has 0 saturated heterocycles. The first-order chi connectivity index (χ1) is 15.5. The van der Waals surface area contributed by atoms with Crippen molar-refractivity contribution in [3.8, 4) is 11.5 Å². The number of hydrogen-bond donors (Lipinski definition) is 4. The average molecular weight is 453 g/mol. The summed E-state index contributed by atoms with van der Waals surface area (Å²) in [5.74, 6) is -0.256. The number of ketones is 1. The number of nitrogens with one attached hydrogen (secondary N) is 1. The van der Waals surface area contributed by atoms with Gasteiger partial charge in [0.1, 0.15) is 6.29 Å². The van der Waals surface area contributed by atoms with Gasteiger partial charge in [-0.1, -0.05) is 55.4 Å². The molecule has 0 unspecified atom stereocenters. The maximum absolute atomic E-state index is 10.6. The van der Waals surface area contributed by atoms with Crippen LogP contribution in [-0.4, -0.2) is 45.5 Å². The molecule has 0 fully saturated rings. The molecule has 4 N–H and O–H groups in total. The molecule has 1 aromatic carbocycles. The summed E-state index contributed by atoms with van der Waals surface area (Å²) < 4.78 is 0. The third kappa shape index (κ3) is 15.0. The van der Waals surface area contributed by atoms with E-state index in [4.69, 9.17) is 10.2 Å². The molecular weight excluding hydrogens is 408 g/mol. The van der Waals surface area contributed by atoms with Gasteiger partial charge >= 0.3 is 0 Å². The van der Waals surface area contributed by atoms with Crippen LogP contribution in [0.1, 0.15) is 78.2 Å². The zero-order valence-corrected chi connectivity index (χ0v) is 21.4. The second kappa shape index (κ2) is 26.1. The summed E-state index contributed by atoms with van der Waals surface area (Å²) in [6.07, 6.45) is 4.58. The van der Waals surface area contributed by atoms with Gasteiger partial charge in [-0.05, 0) is 30.7 Å². The number of nitrogens with zero attached hydrogens (tertiary/aromatic N) is 1. The van der Waals surface area contributed by atoms with Crippen molar-refractivity contribution in [3.05, 3.63) is 47.8 Å². The molecule has 1 aliphatic rings. The fraction of sp³-hybridized carbons (Fsp3) is 0.480. The Balaban J connectivity index is -0.000000181. The third-order valence-electron chi connectivity index (χ3n) is 3.21. The molecule has 0 radical (unpaired) electrons. The Morgan fingerprint density at radius 3 is 1.88 bits per heavy atom. The van der Waals surface area contributed by atoms with Crippen molar-refractivity contribution in [2.24, 2.45) is 0 Å². The Morgan fingerprint density at radius 2 is 1.50 bits per heavy atom. The molecule has 0 spiro atoms. The van der Waals surface area contributed by atoms with Gasteiger partial charge in [0.15, 0.2) is 17.3 Å². The number of rotatable bonds is 2. The van der Waals surface area contributed by atoms with Gasteiger partial charge in [-0.15, -0.1) is 0 Å². The zero-order chi connectivity index (χ0) is 26.1. The standard InChI is InChI=1S/C9H9NO3.C7H7NO.4C2H6.CH4O/c11-4-6-1-5-2-8(12)9(13)3-7(5)10-6;1-6(9)7-3-2-4-8-5-7;5*1-2/h2-4,6,10,12-13H,1H2;2-5H,1H3;4*1-2H3;2H,1H3/t6-;;;;;;/m1....../s1. The molecule has 1 atom stereocenters. The van der Waals surface area contributed by atoms with Crippen molar-refractivity contribution in [1.29, 1.82) is 0 Å². The second-order valence-electron chi connectivity index (χ2n) is 4.89. The smallest absolute Gasteiger partial charge is 0.161 e. The van der Waals surface area contributed by atoms with Gasteiger partial charge in [0.05, 0.1) is 6.04 Å². The summed E-state index contributed by atoms with van der Waals surface area (Å²) in [6, 6.07) is 6.15. The number of benzene rings is 1. The second-order valence-corrected chi connectivity index (χ2v) is 4.89. The fourth-order valence-corrected chi connectivity index (χ4v) is 2.06. The first-order valence-corrected chi connectivity index (χ1v) is 11.1. The van der Waals surface area contributed by atoms with Crippen LogP contribution in [0.4, 0.5) is 5.69 Å². The summed E-state index contributed by atoms with van der Waals surface area (Å²) in [4.78, 5) is 24.8. The predicted molar refractivity (Wildman–Crippen MR) is 135 cm³/mol. The van der Waals surface area contributed by atoms with Crippen LogP contribution in [0.15, 0.2) is 36.7 Å². The van der Waals surface area contributed by atoms with Crippen LogP contribution in [-0.2, 0) is 11.2 Å². The van der Waals surface area contributed by atoms with Gasteiger partial charge in [0, 0.05) is 43.2 Å². The highest BCUT2D eigenvalue weighted by molar-refractivity contribution is 5.93. The van der Waals surface area contributed by atoms with Crippen molar-refractivity contribution in [3.63, 3.8) is 0 Å². The van der Waals surface area contributed by atoms with Crippen LogP contribution in [0, 0.1) is 0 Å². The first kappa shape index (κ1) is 36.4. The van der Waals surface area contributed by atoms with E-state index in [1.54, 1.807) is 24.5 Å². The van der Waals surface area contributed by atoms with E-state index in [-0.39, 0.29) is 23.3 Å². The van der Waals surface area contributed by atoms with Gasteiger partial charge < -0.3 is 25.4 Å². The molecule has 2 aromatic rings. The van der Waals surface area contributed by atoms with Gasteiger partial charge in [-0.3, -0.25) is 9.78 Å². The number of phenols is 2. The lowest BCUT2D eigenvalue weighted by atomic mass is 10.1. The SMILES string of the molecule is CC.CC.CC.CC.CC(=O)c1cccnc1.CO.O=C[C@H]1Cc2cc(O)c(O)cc2N1. The van der Waals surface area contributed by atoms with Crippen molar-refractivity contribution in [2.45, 2.75) is 74.8 Å². The minimum atomic E-state index is -0.240. The summed E-state index contributed by atoms with van der Waals surface area (Å²) in [7, 11) is 1.00. The number of aliphatic hydroxyl groups excluding tert-OH is 1. The van der Waals surface area contributed by atoms with Crippen LogP contribution in [0.5, 0.6) is 11.5 Å². The lowest BCUT2D eigenvalue weighted by Crippen LogP contribution is -2.15. The Hall–Kier alpha value is -2.93. The van der Waals surface area contributed by atoms with E-state index in [0.29, 0.717) is 17.7 Å². The lowest BCUT2D eigenvalue weighted by Gasteiger charge is -2.02. The Bertz CT molecular complexity index is 661. The first-order valence-electron chi connectivity index (χ1n) is 11.1. The summed E-state index contributed by atoms with van der Waals surface area (Å²) >= 11 is 0. The number of fused-ring (bicyclic) bond motifs is 1. The summed E-state index contributed by atoms with van der Waals surface area (Å²) in [6.45, 7) is 17.5. The molecule has 0 amide bonds. The molecule has 184 valence electrons. The van der Waals surface area contributed by atoms with Crippen molar-refractivity contribution in [1.82, 2.24) is 4.98 Å². The molecule has 7 heteroatoms. The fourth-order valence-electron chi connectivity index (χ4n) is 2.06. The summed E-state index contributed by atoms with van der Waals surface area (Å²) in [5.41, 5.74) is 2.23. The molecule has 0 aliphatic carbocycles. The van der Waals surface area contributed by atoms with Crippen LogP contribution < -0.4 is 5.32 Å². The van der Waals surface area contributed by atoms with Gasteiger partial charge in [0.2, 0.25) is 0 Å². The average Bonchev–Trinajstić information content (AvgIpc) is 3.28. The monoisotopic (exact) mass is 452 g/mol. The highest BCUT2D eigenvalue weighted by Gasteiger charge is 2.21. The van der Waals surface area contributed by atoms with Crippen molar-refractivity contribution >= 4 is 17.8 Å². The maximum Gasteiger partial charge on any atom is 0.161 e. The van der Waals surface area contributed by atoms with E-state index in [1.165, 1.54) is 19.1 Å². The van der Waals surface area contributed by atoms with Crippen LogP contribution in [0.3, 0.4) is 0 Å². The van der Waals surface area contributed by atoms with Gasteiger partial charge in [0.25, 0.3) is 0 Å². The number of aromatic nitrogens is 1. The van der Waals surface area contributed by atoms with Crippen LogP contribution >= 0.6 is 0 Å². The Kier molecular flexibility index (Phi) is 29.7. The molecule has 7 nitrogen and oxygen atoms in total. The van der Waals surface area contributed by atoms with Gasteiger partial charge in [-0.25, -0.2) is 0 Å². The number of Topliss-reactive ketones (excluding diaryl/α,β-unsaturated/α-hetero) is 1. The normalized spacial score (nSPS) is 11.3. The maximum atomic E-state index is 10.6. The molecule has 32 heavy (non-hydrogen) atoms. The topological polar surface area (TPSA) is 120 Å². The summed E-state index contributed by atoms with van der Waals surface area (Å²) in [5, 5.41) is 28.3. The number of aldehydes is 1. The number of carbonyl (C=O) groups is 2. The van der Waals surface area contributed by atoms with E-state index >= 15 is 0 Å². The predicted octanol–water partition coefficient (Wildman–Crippen LogP) is 5.63. The molecule has 3 rings (SSSR count). The quantitative estimate of drug-likeness (QED) is 0.202. The van der Waals surface area contributed by atoms with E-state index in [1.807, 2.05) is 55.4 Å². The number of carbonyl (C=O) groups excluding carboxylic acids is 2. The van der Waals surface area contributed by atoms with E-state index in [2.05, 4.69) is 10.3 Å². The highest BCUT2D eigenvalue weighted by atomic mass is 16.3. The largest absolute Gasteiger partial charge is 0.504 e. The lowest BCUT2D eigenvalue weighted by molar-refractivity contribution is -0.108. The van der Waals surface area contributed by atoms with E-state index < -0.39 is 0 Å². The number of phenolic OH excluding ortho intramolecular Hbond substituents is 2. The van der Waals surface area contributed by atoms with Crippen molar-refractivity contribution in [2.75, 3.05) is 12.4 Å². The Morgan fingerprint density at radius 1 is 1.00 bits per heavy atom. The molecule has 1 aliphatic heterocycles. The van der Waals surface area contributed by atoms with Crippen molar-refractivity contribution < 1.29 is 24.9 Å². The number of aromatic hydroxyl groups is 2. The van der Waals surface area contributed by atoms with E-state index in [9.17, 15) is 14.7 Å².